The summed E-state index contributed by atoms with van der Waals surface area (Å²) in [6.45, 7) is 6.63. The fourth-order valence-corrected chi connectivity index (χ4v) is 4.55. The third kappa shape index (κ3) is 6.46. The van der Waals surface area contributed by atoms with E-state index in [-0.39, 0.29) is 35.3 Å². The monoisotopic (exact) mass is 516 g/mol. The Hall–Kier alpha value is -3.91. The second-order valence-electron chi connectivity index (χ2n) is 9.71. The van der Waals surface area contributed by atoms with Gasteiger partial charge in [0.05, 0.1) is 5.51 Å². The number of pyridine rings is 1. The Balaban J connectivity index is 1.69. The third-order valence-electron chi connectivity index (χ3n) is 5.99. The first-order valence-corrected chi connectivity index (χ1v) is 12.9. The van der Waals surface area contributed by atoms with Gasteiger partial charge < -0.3 is 5.32 Å². The molecule has 0 saturated carbocycles. The van der Waals surface area contributed by atoms with Gasteiger partial charge in [-0.3, -0.25) is 19.5 Å². The third-order valence-corrected chi connectivity index (χ3v) is 6.58. The van der Waals surface area contributed by atoms with Crippen LogP contribution in [0.1, 0.15) is 54.0 Å². The molecular weight excluding hydrogens is 487 g/mol. The Bertz CT molecular complexity index is 1340. The van der Waals surface area contributed by atoms with Crippen molar-refractivity contribution in [2.24, 2.45) is 0 Å². The van der Waals surface area contributed by atoms with Gasteiger partial charge in [-0.25, -0.2) is 9.37 Å². The zero-order chi connectivity index (χ0) is 26.4. The Morgan fingerprint density at radius 3 is 2.49 bits per heavy atom. The van der Waals surface area contributed by atoms with Gasteiger partial charge in [0, 0.05) is 35.6 Å². The highest BCUT2D eigenvalue weighted by atomic mass is 32.1. The van der Waals surface area contributed by atoms with Gasteiger partial charge in [-0.1, -0.05) is 51.1 Å². The van der Waals surface area contributed by atoms with Crippen molar-refractivity contribution in [1.29, 1.82) is 0 Å². The van der Waals surface area contributed by atoms with Crippen LogP contribution in [-0.4, -0.2) is 28.3 Å². The average Bonchev–Trinajstić information content (AvgIpc) is 3.42. The molecule has 6 nitrogen and oxygen atoms in total. The van der Waals surface area contributed by atoms with Crippen molar-refractivity contribution in [3.63, 3.8) is 0 Å². The van der Waals surface area contributed by atoms with Gasteiger partial charge in [0.15, 0.2) is 0 Å². The van der Waals surface area contributed by atoms with Crippen molar-refractivity contribution in [2.75, 3.05) is 11.4 Å². The van der Waals surface area contributed by atoms with Crippen molar-refractivity contribution in [3.8, 4) is 0 Å². The molecule has 1 unspecified atom stereocenters. The zero-order valence-corrected chi connectivity index (χ0v) is 21.8. The number of nitrogens with one attached hydrogen (secondary N) is 1. The lowest BCUT2D eigenvalue weighted by Gasteiger charge is -2.31. The van der Waals surface area contributed by atoms with Crippen molar-refractivity contribution in [2.45, 2.75) is 38.6 Å². The number of benzene rings is 2. The number of rotatable bonds is 8. The number of carbonyl (C=O) groups excluding carboxylic acids is 2. The van der Waals surface area contributed by atoms with E-state index in [0.29, 0.717) is 17.7 Å². The number of amides is 2. The first-order chi connectivity index (χ1) is 17.7. The van der Waals surface area contributed by atoms with Gasteiger partial charge in [0.2, 0.25) is 5.91 Å². The number of aromatic nitrogens is 2. The van der Waals surface area contributed by atoms with E-state index in [1.807, 2.05) is 30.3 Å². The molecule has 2 aromatic carbocycles. The van der Waals surface area contributed by atoms with Crippen LogP contribution in [0.4, 0.5) is 10.1 Å². The zero-order valence-electron chi connectivity index (χ0n) is 21.0. The molecule has 2 heterocycles. The minimum atomic E-state index is -0.990. The number of anilines is 1. The summed E-state index contributed by atoms with van der Waals surface area (Å²) in [5.74, 6) is -1.08. The minimum Gasteiger partial charge on any atom is -0.354 e. The second-order valence-corrected chi connectivity index (χ2v) is 10.4. The van der Waals surface area contributed by atoms with E-state index in [1.165, 1.54) is 28.4 Å². The lowest BCUT2D eigenvalue weighted by molar-refractivity contribution is -0.122. The van der Waals surface area contributed by atoms with E-state index in [1.54, 1.807) is 41.5 Å². The molecule has 1 atom stereocenters. The van der Waals surface area contributed by atoms with E-state index in [2.05, 4.69) is 36.1 Å². The quantitative estimate of drug-likeness (QED) is 0.325. The van der Waals surface area contributed by atoms with Crippen LogP contribution in [0, 0.1) is 5.82 Å². The van der Waals surface area contributed by atoms with Crippen LogP contribution in [0.15, 0.2) is 83.9 Å². The molecule has 1 N–H and O–H groups in total. The highest BCUT2D eigenvalue weighted by molar-refractivity contribution is 7.07. The molecule has 8 heteroatoms. The number of halogens is 1. The molecule has 4 aromatic rings. The van der Waals surface area contributed by atoms with E-state index in [0.717, 1.165) is 11.1 Å². The summed E-state index contributed by atoms with van der Waals surface area (Å²) in [4.78, 5) is 37.3. The van der Waals surface area contributed by atoms with Crippen LogP contribution in [0.5, 0.6) is 0 Å². The molecule has 190 valence electrons. The summed E-state index contributed by atoms with van der Waals surface area (Å²) in [6, 6.07) is 16.4. The molecule has 0 aliphatic rings. The van der Waals surface area contributed by atoms with Gasteiger partial charge in [-0.15, -0.1) is 11.3 Å². The first-order valence-electron chi connectivity index (χ1n) is 12.0. The summed E-state index contributed by atoms with van der Waals surface area (Å²) in [6.07, 6.45) is 3.65. The molecule has 0 fully saturated rings. The van der Waals surface area contributed by atoms with E-state index in [9.17, 15) is 14.0 Å². The average molecular weight is 517 g/mol. The maximum atomic E-state index is 13.8. The fraction of sp³-hybridized carbons (Fsp3) is 0.241. The number of nitrogens with zero attached hydrogens (tertiary/aromatic N) is 3. The lowest BCUT2D eigenvalue weighted by Crippen LogP contribution is -2.44. The molecule has 0 saturated heterocycles. The Morgan fingerprint density at radius 2 is 1.86 bits per heavy atom. The highest BCUT2D eigenvalue weighted by Gasteiger charge is 2.34. The van der Waals surface area contributed by atoms with Crippen LogP contribution < -0.4 is 10.2 Å². The smallest absolute Gasteiger partial charge is 0.278 e. The molecule has 0 aliphatic heterocycles. The Labute approximate surface area is 220 Å². The normalized spacial score (nSPS) is 12.1. The molecule has 0 spiro atoms. The van der Waals surface area contributed by atoms with Gasteiger partial charge in [-0.2, -0.15) is 0 Å². The maximum Gasteiger partial charge on any atom is 0.278 e. The molecule has 2 aromatic heterocycles. The molecular formula is C29H29FN4O2S. The Morgan fingerprint density at radius 1 is 1.08 bits per heavy atom. The highest BCUT2D eigenvalue weighted by Crippen LogP contribution is 2.32. The summed E-state index contributed by atoms with van der Waals surface area (Å²) in [5, 5.41) is 4.60. The maximum absolute atomic E-state index is 13.8. The predicted octanol–water partition coefficient (Wildman–Crippen LogP) is 5.72. The number of thiazole rings is 1. The molecule has 2 amide bonds. The van der Waals surface area contributed by atoms with Crippen LogP contribution in [0.25, 0.3) is 0 Å². The van der Waals surface area contributed by atoms with Crippen molar-refractivity contribution in [3.05, 3.63) is 112 Å². The molecule has 0 radical (unpaired) electrons. The van der Waals surface area contributed by atoms with Crippen molar-refractivity contribution >= 4 is 28.8 Å². The standard InChI is InChI=1S/C29H29FN4O2S/c1-29(2,3)22-9-11-24(12-10-22)34(28(36)25-18-37-19-33-25)26(21-7-5-14-31-17-21)27(35)32-15-13-20-6-4-8-23(30)16-20/h4-12,14,16-19,26H,13,15H2,1-3H3,(H,32,35). The Kier molecular flexibility index (Phi) is 8.08. The van der Waals surface area contributed by atoms with Gasteiger partial charge in [0.1, 0.15) is 17.6 Å². The molecule has 0 bridgehead atoms. The lowest BCUT2D eigenvalue weighted by atomic mass is 9.87. The van der Waals surface area contributed by atoms with E-state index >= 15 is 0 Å². The van der Waals surface area contributed by atoms with Crippen molar-refractivity contribution in [1.82, 2.24) is 15.3 Å². The fourth-order valence-electron chi connectivity index (χ4n) is 4.02. The van der Waals surface area contributed by atoms with E-state index < -0.39 is 6.04 Å². The summed E-state index contributed by atoms with van der Waals surface area (Å²) in [5.41, 5.74) is 4.79. The van der Waals surface area contributed by atoms with Gasteiger partial charge in [-0.05, 0) is 53.3 Å². The second kappa shape index (κ2) is 11.4. The number of hydrogen-bond donors (Lipinski definition) is 1. The largest absolute Gasteiger partial charge is 0.354 e. The van der Waals surface area contributed by atoms with Crippen LogP contribution >= 0.6 is 11.3 Å². The first kappa shape index (κ1) is 26.2. The predicted molar refractivity (Wildman–Crippen MR) is 144 cm³/mol. The molecule has 4 rings (SSSR count). The SMILES string of the molecule is CC(C)(C)c1ccc(N(C(=O)c2cscn2)C(C(=O)NCCc2cccc(F)c2)c2cccnc2)cc1. The van der Waals surface area contributed by atoms with Crippen LogP contribution in [-0.2, 0) is 16.6 Å². The molecule has 0 aliphatic carbocycles. The topological polar surface area (TPSA) is 75.2 Å². The van der Waals surface area contributed by atoms with E-state index in [4.69, 9.17) is 0 Å². The van der Waals surface area contributed by atoms with Crippen molar-refractivity contribution < 1.29 is 14.0 Å². The summed E-state index contributed by atoms with van der Waals surface area (Å²) < 4.78 is 13.6. The van der Waals surface area contributed by atoms with Crippen LogP contribution in [0.3, 0.4) is 0 Å². The minimum absolute atomic E-state index is 0.0701. The summed E-state index contributed by atoms with van der Waals surface area (Å²) in [7, 11) is 0. The van der Waals surface area contributed by atoms with Gasteiger partial charge in [0.25, 0.3) is 5.91 Å². The van der Waals surface area contributed by atoms with Crippen LogP contribution in [0.2, 0.25) is 0 Å². The number of hydrogen-bond acceptors (Lipinski definition) is 5. The molecule has 37 heavy (non-hydrogen) atoms. The summed E-state index contributed by atoms with van der Waals surface area (Å²) >= 11 is 1.31. The van der Waals surface area contributed by atoms with Gasteiger partial charge >= 0.3 is 0 Å². The number of carbonyl (C=O) groups is 2.